The Balaban J connectivity index is 2.06. The van der Waals surface area contributed by atoms with Crippen LogP contribution in [0.15, 0.2) is 36.3 Å². The van der Waals surface area contributed by atoms with E-state index in [1.807, 2.05) is 52.1 Å². The van der Waals surface area contributed by atoms with Gasteiger partial charge in [0.05, 0.1) is 6.08 Å². The van der Waals surface area contributed by atoms with E-state index < -0.39 is 0 Å². The molecule has 1 aromatic rings. The van der Waals surface area contributed by atoms with Crippen molar-refractivity contribution in [1.82, 2.24) is 0 Å². The first-order chi connectivity index (χ1) is 8.80. The molecule has 0 amide bonds. The second-order valence-electron chi connectivity index (χ2n) is 5.89. The summed E-state index contributed by atoms with van der Waals surface area (Å²) < 4.78 is 11.6. The summed E-state index contributed by atoms with van der Waals surface area (Å²) in [6.45, 7) is 10.2. The quantitative estimate of drug-likeness (QED) is 0.827. The lowest BCUT2D eigenvalue weighted by atomic mass is 9.90. The van der Waals surface area contributed by atoms with Crippen LogP contribution in [0, 0.1) is 6.92 Å². The van der Waals surface area contributed by atoms with Crippen LogP contribution >= 0.6 is 0 Å². The third-order valence-corrected chi connectivity index (χ3v) is 3.68. The van der Waals surface area contributed by atoms with E-state index >= 15 is 0 Å². The van der Waals surface area contributed by atoms with Crippen LogP contribution in [-0.2, 0) is 9.47 Å². The van der Waals surface area contributed by atoms with Gasteiger partial charge in [-0.1, -0.05) is 17.7 Å². The second kappa shape index (κ2) is 4.72. The first-order valence-electron chi connectivity index (χ1n) is 6.55. The van der Waals surface area contributed by atoms with Gasteiger partial charge in [0, 0.05) is 12.1 Å². The molecule has 3 nitrogen and oxygen atoms in total. The van der Waals surface area contributed by atoms with Gasteiger partial charge in [0.2, 0.25) is 5.69 Å². The Hall–Kier alpha value is -1.77. The van der Waals surface area contributed by atoms with E-state index in [0.717, 1.165) is 5.69 Å². The highest BCUT2D eigenvalue weighted by molar-refractivity contribution is 5.66. The molecule has 1 aromatic carbocycles. The number of hydrogen-bond acceptors (Lipinski definition) is 2. The van der Waals surface area contributed by atoms with Crippen molar-refractivity contribution in [3.05, 3.63) is 41.9 Å². The molecule has 0 spiro atoms. The zero-order chi connectivity index (χ0) is 14.1. The number of aryl methyl sites for hydroxylation is 1. The van der Waals surface area contributed by atoms with Crippen molar-refractivity contribution in [2.24, 2.45) is 0 Å². The molecule has 1 aliphatic heterocycles. The minimum atomic E-state index is -0.323. The first-order valence-corrected chi connectivity index (χ1v) is 6.55. The van der Waals surface area contributed by atoms with E-state index in [1.54, 1.807) is 0 Å². The third kappa shape index (κ3) is 2.98. The monoisotopic (exact) mass is 260 g/mol. The van der Waals surface area contributed by atoms with E-state index in [-0.39, 0.29) is 11.2 Å². The Kier molecular flexibility index (Phi) is 3.40. The van der Waals surface area contributed by atoms with E-state index in [4.69, 9.17) is 9.47 Å². The normalized spacial score (nSPS) is 20.2. The van der Waals surface area contributed by atoms with Crippen molar-refractivity contribution >= 4 is 11.9 Å². The molecule has 3 heteroatoms. The summed E-state index contributed by atoms with van der Waals surface area (Å²) in [6, 6.07) is 8.21. The van der Waals surface area contributed by atoms with E-state index in [0.29, 0.717) is 5.95 Å². The van der Waals surface area contributed by atoms with Crippen molar-refractivity contribution < 1.29 is 14.5 Å². The van der Waals surface area contributed by atoms with Gasteiger partial charge in [0.25, 0.3) is 5.95 Å². The summed E-state index contributed by atoms with van der Waals surface area (Å²) >= 11 is 0. The Morgan fingerprint density at radius 1 is 0.947 bits per heavy atom. The van der Waals surface area contributed by atoms with Gasteiger partial charge in [0.1, 0.15) is 11.2 Å². The number of benzene rings is 1. The maximum absolute atomic E-state index is 5.79. The molecule has 1 aliphatic rings. The van der Waals surface area contributed by atoms with Crippen molar-refractivity contribution in [1.29, 1.82) is 0 Å². The highest BCUT2D eigenvalue weighted by atomic mass is 16.7. The molecule has 2 rings (SSSR count). The Morgan fingerprint density at radius 3 is 2.00 bits per heavy atom. The molecule has 1 saturated heterocycles. The van der Waals surface area contributed by atoms with Gasteiger partial charge in [-0.05, 0) is 34.6 Å². The summed E-state index contributed by atoms with van der Waals surface area (Å²) in [6.07, 6.45) is 3.65. The minimum Gasteiger partial charge on any atom is -0.455 e. The van der Waals surface area contributed by atoms with Crippen molar-refractivity contribution in [2.75, 3.05) is 0 Å². The van der Waals surface area contributed by atoms with Crippen LogP contribution in [0.5, 0.6) is 0 Å². The van der Waals surface area contributed by atoms with Gasteiger partial charge in [-0.3, -0.25) is 0 Å². The molecule has 1 fully saturated rings. The maximum atomic E-state index is 5.79. The minimum absolute atomic E-state index is 0.323. The molecular formula is C16H22NO2+. The van der Waals surface area contributed by atoms with Crippen LogP contribution in [0.2, 0.25) is 0 Å². The zero-order valence-corrected chi connectivity index (χ0v) is 12.3. The molecule has 0 unspecified atom stereocenters. The summed E-state index contributed by atoms with van der Waals surface area (Å²) in [5.41, 5.74) is 1.64. The fraction of sp³-hybridized carbons (Fsp3) is 0.438. The van der Waals surface area contributed by atoms with Crippen LogP contribution < -0.4 is 4.99 Å². The van der Waals surface area contributed by atoms with Gasteiger partial charge >= 0.3 is 0 Å². The van der Waals surface area contributed by atoms with Gasteiger partial charge in [-0.15, -0.1) is 0 Å². The number of rotatable bonds is 2. The smallest absolute Gasteiger partial charge is 0.286 e. The lowest BCUT2D eigenvalue weighted by Gasteiger charge is -2.28. The van der Waals surface area contributed by atoms with Crippen molar-refractivity contribution in [3.63, 3.8) is 0 Å². The predicted molar refractivity (Wildman–Crippen MR) is 76.3 cm³/mol. The lowest BCUT2D eigenvalue weighted by Crippen LogP contribution is -2.60. The van der Waals surface area contributed by atoms with E-state index in [9.17, 15) is 0 Å². The van der Waals surface area contributed by atoms with Gasteiger partial charge < -0.3 is 9.47 Å². The SMILES string of the molecule is Cc1ccc([NH+]=CC=C2OC(C)(C)C(C)(C)O2)cc1. The zero-order valence-electron chi connectivity index (χ0n) is 12.3. The Morgan fingerprint density at radius 2 is 1.47 bits per heavy atom. The molecule has 1 N–H and O–H groups in total. The fourth-order valence-corrected chi connectivity index (χ4v) is 1.69. The summed E-state index contributed by atoms with van der Waals surface area (Å²) in [5.74, 6) is 0.551. The summed E-state index contributed by atoms with van der Waals surface area (Å²) in [4.78, 5) is 3.19. The maximum Gasteiger partial charge on any atom is 0.286 e. The molecule has 19 heavy (non-hydrogen) atoms. The third-order valence-electron chi connectivity index (χ3n) is 3.68. The Bertz CT molecular complexity index is 492. The highest BCUT2D eigenvalue weighted by Crippen LogP contribution is 2.39. The molecule has 1 heterocycles. The van der Waals surface area contributed by atoms with E-state index in [2.05, 4.69) is 24.0 Å². The first kappa shape index (κ1) is 13.7. The number of hydrogen-bond donors (Lipinski definition) is 1. The fourth-order valence-electron chi connectivity index (χ4n) is 1.69. The van der Waals surface area contributed by atoms with Crippen LogP contribution in [0.1, 0.15) is 33.3 Å². The van der Waals surface area contributed by atoms with Crippen LogP contribution in [-0.4, -0.2) is 17.4 Å². The van der Waals surface area contributed by atoms with Crippen LogP contribution in [0.3, 0.4) is 0 Å². The molecule has 0 bridgehead atoms. The lowest BCUT2D eigenvalue weighted by molar-refractivity contribution is -0.346. The molecule has 0 aliphatic carbocycles. The van der Waals surface area contributed by atoms with Crippen molar-refractivity contribution in [2.45, 2.75) is 45.8 Å². The molecule has 0 saturated carbocycles. The van der Waals surface area contributed by atoms with Crippen LogP contribution in [0.25, 0.3) is 0 Å². The number of ether oxygens (including phenoxy) is 2. The average molecular weight is 260 g/mol. The molecule has 102 valence electrons. The van der Waals surface area contributed by atoms with E-state index in [1.165, 1.54) is 5.56 Å². The number of nitrogens with one attached hydrogen (secondary N) is 1. The van der Waals surface area contributed by atoms with Gasteiger partial charge in [-0.2, -0.15) is 0 Å². The Labute approximate surface area is 115 Å². The van der Waals surface area contributed by atoms with Gasteiger partial charge in [-0.25, -0.2) is 4.99 Å². The summed E-state index contributed by atoms with van der Waals surface area (Å²) in [5, 5.41) is 0. The average Bonchev–Trinajstić information content (AvgIpc) is 2.50. The van der Waals surface area contributed by atoms with Crippen LogP contribution in [0.4, 0.5) is 5.69 Å². The molecule has 0 radical (unpaired) electrons. The molecule has 0 atom stereocenters. The number of allylic oxidation sites excluding steroid dienone is 1. The standard InChI is InChI=1S/C16H21NO2/c1-12-6-8-13(9-7-12)17-11-10-14-18-15(2,3)16(4,5)19-14/h6-11H,1-5H3/p+1. The highest BCUT2D eigenvalue weighted by Gasteiger charge is 2.48. The molecular weight excluding hydrogens is 238 g/mol. The van der Waals surface area contributed by atoms with Gasteiger partial charge in [0.15, 0.2) is 6.21 Å². The molecule has 0 aromatic heterocycles. The van der Waals surface area contributed by atoms with Crippen molar-refractivity contribution in [3.8, 4) is 0 Å². The second-order valence-corrected chi connectivity index (χ2v) is 5.89. The predicted octanol–water partition coefficient (Wildman–Crippen LogP) is 2.22. The largest absolute Gasteiger partial charge is 0.455 e. The topological polar surface area (TPSA) is 32.4 Å². The summed E-state index contributed by atoms with van der Waals surface area (Å²) in [7, 11) is 0.